The molecule has 1 aromatic rings. The molecule has 0 bridgehead atoms. The maximum Gasteiger partial charge on any atom is 0.274 e. The molecule has 1 aliphatic heterocycles. The number of carbonyl (C=O) groups excluding carboxylic acids is 1. The monoisotopic (exact) mass is 227 g/mol. The zero-order valence-corrected chi connectivity index (χ0v) is 8.68. The van der Waals surface area contributed by atoms with E-state index in [9.17, 15) is 9.90 Å². The Hall–Kier alpha value is -1.20. The summed E-state index contributed by atoms with van der Waals surface area (Å²) < 4.78 is 0. The van der Waals surface area contributed by atoms with Gasteiger partial charge in [-0.2, -0.15) is 0 Å². The molecule has 2 heterocycles. The van der Waals surface area contributed by atoms with Crippen LogP contribution in [-0.2, 0) is 0 Å². The van der Waals surface area contributed by atoms with E-state index in [0.29, 0.717) is 19.5 Å². The number of amides is 1. The molecule has 1 N–H and O–H groups in total. The lowest BCUT2D eigenvalue weighted by Crippen LogP contribution is -2.30. The number of likely N-dealkylation sites (tertiary alicyclic amines) is 1. The van der Waals surface area contributed by atoms with Gasteiger partial charge in [0.1, 0.15) is 10.8 Å². The highest BCUT2D eigenvalue weighted by atomic mass is 35.5. The SMILES string of the molecule is O=C(c1cncc(Cl)n1)N1CCC(O)C1. The Bertz CT molecular complexity index is 385. The molecule has 0 spiro atoms. The second-order valence-corrected chi connectivity index (χ2v) is 3.81. The molecule has 2 rings (SSSR count). The highest BCUT2D eigenvalue weighted by Gasteiger charge is 2.26. The molecule has 15 heavy (non-hydrogen) atoms. The van der Waals surface area contributed by atoms with E-state index in [0.717, 1.165) is 0 Å². The number of aliphatic hydroxyl groups is 1. The molecule has 1 aliphatic rings. The minimum Gasteiger partial charge on any atom is -0.391 e. The maximum atomic E-state index is 11.8. The van der Waals surface area contributed by atoms with Gasteiger partial charge in [-0.05, 0) is 6.42 Å². The third-order valence-electron chi connectivity index (χ3n) is 2.27. The minimum atomic E-state index is -0.430. The van der Waals surface area contributed by atoms with Crippen LogP contribution in [0.2, 0.25) is 5.15 Å². The largest absolute Gasteiger partial charge is 0.391 e. The molecule has 1 saturated heterocycles. The van der Waals surface area contributed by atoms with Gasteiger partial charge in [0.25, 0.3) is 5.91 Å². The predicted octanol–water partition coefficient (Wildman–Crippen LogP) is 0.337. The molecule has 1 amide bonds. The first kappa shape index (κ1) is 10.3. The molecule has 1 unspecified atom stereocenters. The fourth-order valence-corrected chi connectivity index (χ4v) is 1.68. The van der Waals surface area contributed by atoms with Gasteiger partial charge < -0.3 is 10.0 Å². The Kier molecular flexibility index (Phi) is 2.83. The van der Waals surface area contributed by atoms with Crippen LogP contribution in [0.25, 0.3) is 0 Å². The van der Waals surface area contributed by atoms with Crippen molar-refractivity contribution in [1.29, 1.82) is 0 Å². The standard InChI is InChI=1S/C9H10ClN3O2/c10-8-4-11-3-7(12-8)9(15)13-2-1-6(14)5-13/h3-4,6,14H,1-2,5H2. The summed E-state index contributed by atoms with van der Waals surface area (Å²) in [5.41, 5.74) is 0.219. The number of nitrogens with zero attached hydrogens (tertiary/aromatic N) is 3. The lowest BCUT2D eigenvalue weighted by atomic mass is 10.3. The van der Waals surface area contributed by atoms with E-state index >= 15 is 0 Å². The summed E-state index contributed by atoms with van der Waals surface area (Å²) in [5, 5.41) is 9.49. The van der Waals surface area contributed by atoms with Crippen LogP contribution in [0.4, 0.5) is 0 Å². The molecule has 6 heteroatoms. The third-order valence-corrected chi connectivity index (χ3v) is 2.46. The van der Waals surface area contributed by atoms with Crippen molar-refractivity contribution in [2.75, 3.05) is 13.1 Å². The van der Waals surface area contributed by atoms with Crippen LogP contribution in [0, 0.1) is 0 Å². The van der Waals surface area contributed by atoms with Gasteiger partial charge in [0.05, 0.1) is 18.5 Å². The normalized spacial score (nSPS) is 20.7. The van der Waals surface area contributed by atoms with Crippen molar-refractivity contribution < 1.29 is 9.90 Å². The second-order valence-electron chi connectivity index (χ2n) is 3.42. The van der Waals surface area contributed by atoms with Crippen LogP contribution in [0.1, 0.15) is 16.9 Å². The Balaban J connectivity index is 2.14. The van der Waals surface area contributed by atoms with Gasteiger partial charge in [-0.25, -0.2) is 4.98 Å². The smallest absolute Gasteiger partial charge is 0.274 e. The topological polar surface area (TPSA) is 66.3 Å². The highest BCUT2D eigenvalue weighted by Crippen LogP contribution is 2.12. The summed E-state index contributed by atoms with van der Waals surface area (Å²) in [4.78, 5) is 21.0. The number of aromatic nitrogens is 2. The van der Waals surface area contributed by atoms with E-state index in [2.05, 4.69) is 9.97 Å². The van der Waals surface area contributed by atoms with Gasteiger partial charge in [-0.15, -0.1) is 0 Å². The van der Waals surface area contributed by atoms with Crippen LogP contribution in [-0.4, -0.2) is 45.1 Å². The summed E-state index contributed by atoms with van der Waals surface area (Å²) in [6.07, 6.45) is 2.93. The summed E-state index contributed by atoms with van der Waals surface area (Å²) in [6.45, 7) is 0.904. The van der Waals surface area contributed by atoms with E-state index in [1.807, 2.05) is 0 Å². The average molecular weight is 228 g/mol. The Labute approximate surface area is 91.7 Å². The van der Waals surface area contributed by atoms with Crippen molar-refractivity contribution in [1.82, 2.24) is 14.9 Å². The van der Waals surface area contributed by atoms with Crippen molar-refractivity contribution in [2.24, 2.45) is 0 Å². The minimum absolute atomic E-state index is 0.195. The number of hydrogen-bond acceptors (Lipinski definition) is 4. The number of hydrogen-bond donors (Lipinski definition) is 1. The molecule has 5 nitrogen and oxygen atoms in total. The first-order valence-corrected chi connectivity index (χ1v) is 4.99. The lowest BCUT2D eigenvalue weighted by Gasteiger charge is -2.14. The summed E-state index contributed by atoms with van der Waals surface area (Å²) in [5.74, 6) is -0.235. The predicted molar refractivity (Wildman–Crippen MR) is 53.6 cm³/mol. The van der Waals surface area contributed by atoms with Crippen LogP contribution in [0.5, 0.6) is 0 Å². The Morgan fingerprint density at radius 2 is 2.40 bits per heavy atom. The molecule has 1 atom stereocenters. The molecule has 1 aromatic heterocycles. The summed E-state index contributed by atoms with van der Waals surface area (Å²) in [7, 11) is 0. The van der Waals surface area contributed by atoms with Gasteiger partial charge in [-0.1, -0.05) is 11.6 Å². The fraction of sp³-hybridized carbons (Fsp3) is 0.444. The van der Waals surface area contributed by atoms with Crippen LogP contribution < -0.4 is 0 Å². The van der Waals surface area contributed by atoms with Crippen molar-refractivity contribution >= 4 is 17.5 Å². The first-order chi connectivity index (χ1) is 7.16. The Morgan fingerprint density at radius 3 is 3.00 bits per heavy atom. The van der Waals surface area contributed by atoms with Gasteiger partial charge in [0, 0.05) is 13.1 Å². The van der Waals surface area contributed by atoms with E-state index in [1.165, 1.54) is 12.4 Å². The fourth-order valence-electron chi connectivity index (χ4n) is 1.53. The van der Waals surface area contributed by atoms with Gasteiger partial charge in [0.15, 0.2) is 0 Å². The van der Waals surface area contributed by atoms with E-state index < -0.39 is 6.10 Å². The quantitative estimate of drug-likeness (QED) is 0.751. The maximum absolute atomic E-state index is 11.8. The zero-order valence-electron chi connectivity index (χ0n) is 7.93. The summed E-state index contributed by atoms with van der Waals surface area (Å²) in [6, 6.07) is 0. The van der Waals surface area contributed by atoms with Crippen LogP contribution >= 0.6 is 11.6 Å². The van der Waals surface area contributed by atoms with Crippen molar-refractivity contribution in [3.8, 4) is 0 Å². The third kappa shape index (κ3) is 2.24. The van der Waals surface area contributed by atoms with Gasteiger partial charge >= 0.3 is 0 Å². The van der Waals surface area contributed by atoms with E-state index in [1.54, 1.807) is 4.90 Å². The average Bonchev–Trinajstić information content (AvgIpc) is 2.64. The molecular formula is C9H10ClN3O2. The van der Waals surface area contributed by atoms with E-state index in [-0.39, 0.29) is 16.8 Å². The molecular weight excluding hydrogens is 218 g/mol. The number of halogens is 1. The van der Waals surface area contributed by atoms with Gasteiger partial charge in [0.2, 0.25) is 0 Å². The molecule has 80 valence electrons. The number of β-amino-alcohol motifs (C(OH)–C–C–N with tert-alkyl or cyclic N) is 1. The zero-order chi connectivity index (χ0) is 10.8. The highest BCUT2D eigenvalue weighted by molar-refractivity contribution is 6.29. The number of rotatable bonds is 1. The van der Waals surface area contributed by atoms with Crippen LogP contribution in [0.15, 0.2) is 12.4 Å². The van der Waals surface area contributed by atoms with Crippen molar-refractivity contribution in [3.05, 3.63) is 23.2 Å². The van der Waals surface area contributed by atoms with Gasteiger partial charge in [-0.3, -0.25) is 9.78 Å². The van der Waals surface area contributed by atoms with E-state index in [4.69, 9.17) is 11.6 Å². The second kappa shape index (κ2) is 4.12. The first-order valence-electron chi connectivity index (χ1n) is 4.61. The summed E-state index contributed by atoms with van der Waals surface area (Å²) >= 11 is 5.63. The number of carbonyl (C=O) groups is 1. The van der Waals surface area contributed by atoms with Crippen molar-refractivity contribution in [2.45, 2.75) is 12.5 Å². The lowest BCUT2D eigenvalue weighted by molar-refractivity contribution is 0.0759. The molecule has 0 aromatic carbocycles. The molecule has 0 radical (unpaired) electrons. The number of aliphatic hydroxyl groups excluding tert-OH is 1. The molecule has 0 aliphatic carbocycles. The van der Waals surface area contributed by atoms with Crippen molar-refractivity contribution in [3.63, 3.8) is 0 Å². The molecule has 1 fully saturated rings. The molecule has 0 saturated carbocycles. The van der Waals surface area contributed by atoms with Crippen LogP contribution in [0.3, 0.4) is 0 Å². The Morgan fingerprint density at radius 1 is 1.60 bits per heavy atom.